The van der Waals surface area contributed by atoms with Gasteiger partial charge in [-0.15, -0.1) is 10.2 Å². The molecule has 5 nitrogen and oxygen atoms in total. The minimum Gasteiger partial charge on any atom is -0.448 e. The van der Waals surface area contributed by atoms with Crippen LogP contribution in [0.2, 0.25) is 0 Å². The second-order valence-corrected chi connectivity index (χ2v) is 9.79. The molecule has 4 aromatic carbocycles. The number of aromatic nitrogens is 3. The lowest BCUT2D eigenvalue weighted by Gasteiger charge is -2.23. The predicted molar refractivity (Wildman–Crippen MR) is 144 cm³/mol. The molecule has 0 unspecified atom stereocenters. The second kappa shape index (κ2) is 9.55. The number of thioether (sulfide) groups is 1. The average Bonchev–Trinajstić information content (AvgIpc) is 3.06. The van der Waals surface area contributed by atoms with Gasteiger partial charge in [0.05, 0.1) is 0 Å². The third kappa shape index (κ3) is 4.19. The summed E-state index contributed by atoms with van der Waals surface area (Å²) in [4.78, 5) is 4.83. The van der Waals surface area contributed by atoms with Gasteiger partial charge >= 0.3 is 0 Å². The molecule has 2 heterocycles. The van der Waals surface area contributed by atoms with Gasteiger partial charge in [-0.1, -0.05) is 98.3 Å². The van der Waals surface area contributed by atoms with Crippen LogP contribution in [0.1, 0.15) is 38.0 Å². The Bertz CT molecular complexity index is 1470. The highest BCUT2D eigenvalue weighted by Gasteiger charge is 2.28. The SMILES string of the molecule is CCCCCSc1nnc2c(n1)O[C@@H](c1c3ccccc3cc3ccccc13)Nc1ccccc1-2. The molecule has 0 amide bonds. The Morgan fingerprint density at radius 2 is 1.57 bits per heavy atom. The van der Waals surface area contributed by atoms with E-state index in [1.807, 2.05) is 18.2 Å². The summed E-state index contributed by atoms with van der Waals surface area (Å²) in [6.07, 6.45) is 3.09. The van der Waals surface area contributed by atoms with Crippen molar-refractivity contribution in [3.05, 3.63) is 84.4 Å². The minimum absolute atomic E-state index is 0.442. The topological polar surface area (TPSA) is 59.9 Å². The molecule has 6 rings (SSSR count). The molecule has 0 bridgehead atoms. The third-order valence-corrected chi connectivity index (χ3v) is 7.31. The van der Waals surface area contributed by atoms with Gasteiger partial charge in [0.1, 0.15) is 0 Å². The number of ether oxygens (including phenoxy) is 1. The summed E-state index contributed by atoms with van der Waals surface area (Å²) >= 11 is 1.64. The van der Waals surface area contributed by atoms with E-state index in [4.69, 9.17) is 9.72 Å². The number of para-hydroxylation sites is 1. The number of hydrogen-bond donors (Lipinski definition) is 1. The molecule has 1 aromatic heterocycles. The Morgan fingerprint density at radius 3 is 2.34 bits per heavy atom. The normalized spacial score (nSPS) is 14.6. The molecular formula is C29H26N4OS. The smallest absolute Gasteiger partial charge is 0.247 e. The molecule has 1 aliphatic heterocycles. The van der Waals surface area contributed by atoms with Gasteiger partial charge in [-0.25, -0.2) is 0 Å². The van der Waals surface area contributed by atoms with Crippen LogP contribution in [0.4, 0.5) is 5.69 Å². The highest BCUT2D eigenvalue weighted by atomic mass is 32.2. The van der Waals surface area contributed by atoms with Crippen LogP contribution in [0.25, 0.3) is 32.8 Å². The molecule has 0 saturated heterocycles. The number of nitrogens with zero attached hydrogens (tertiary/aromatic N) is 3. The third-order valence-electron chi connectivity index (χ3n) is 6.39. The fraction of sp³-hybridized carbons (Fsp3) is 0.207. The fourth-order valence-corrected chi connectivity index (χ4v) is 5.46. The maximum atomic E-state index is 6.67. The maximum absolute atomic E-state index is 6.67. The first-order valence-electron chi connectivity index (χ1n) is 12.1. The van der Waals surface area contributed by atoms with E-state index in [9.17, 15) is 0 Å². The quantitative estimate of drug-likeness (QED) is 0.154. The molecule has 1 aliphatic rings. The van der Waals surface area contributed by atoms with Crippen molar-refractivity contribution in [3.8, 4) is 17.1 Å². The summed E-state index contributed by atoms with van der Waals surface area (Å²) in [5.41, 5.74) is 3.65. The minimum atomic E-state index is -0.442. The van der Waals surface area contributed by atoms with Crippen molar-refractivity contribution in [1.29, 1.82) is 0 Å². The zero-order valence-electron chi connectivity index (χ0n) is 19.6. The lowest BCUT2D eigenvalue weighted by atomic mass is 9.95. The molecule has 0 aliphatic carbocycles. The largest absolute Gasteiger partial charge is 0.448 e. The molecule has 5 aromatic rings. The number of hydrogen-bond acceptors (Lipinski definition) is 6. The van der Waals surface area contributed by atoms with Crippen LogP contribution >= 0.6 is 11.8 Å². The van der Waals surface area contributed by atoms with Gasteiger partial charge in [-0.3, -0.25) is 0 Å². The predicted octanol–water partition coefficient (Wildman–Crippen LogP) is 7.63. The summed E-state index contributed by atoms with van der Waals surface area (Å²) in [7, 11) is 0. The molecule has 1 atom stereocenters. The van der Waals surface area contributed by atoms with Gasteiger partial charge in [0.2, 0.25) is 11.0 Å². The zero-order chi connectivity index (χ0) is 23.6. The first-order valence-corrected chi connectivity index (χ1v) is 13.1. The summed E-state index contributed by atoms with van der Waals surface area (Å²) in [5, 5.41) is 18.0. The van der Waals surface area contributed by atoms with Crippen molar-refractivity contribution in [1.82, 2.24) is 15.2 Å². The first-order chi connectivity index (χ1) is 17.3. The molecule has 0 spiro atoms. The van der Waals surface area contributed by atoms with Gasteiger partial charge in [0.15, 0.2) is 11.9 Å². The highest BCUT2D eigenvalue weighted by Crippen LogP contribution is 2.42. The van der Waals surface area contributed by atoms with E-state index in [0.29, 0.717) is 16.7 Å². The number of anilines is 1. The molecule has 0 fully saturated rings. The monoisotopic (exact) mass is 478 g/mol. The molecule has 35 heavy (non-hydrogen) atoms. The lowest BCUT2D eigenvalue weighted by Crippen LogP contribution is -2.18. The summed E-state index contributed by atoms with van der Waals surface area (Å²) < 4.78 is 6.67. The van der Waals surface area contributed by atoms with Gasteiger partial charge in [0.25, 0.3) is 0 Å². The van der Waals surface area contributed by atoms with Crippen molar-refractivity contribution in [2.45, 2.75) is 37.6 Å². The van der Waals surface area contributed by atoms with Gasteiger partial charge in [-0.2, -0.15) is 4.98 Å². The van der Waals surface area contributed by atoms with Gasteiger partial charge in [-0.05, 0) is 40.1 Å². The molecule has 174 valence electrons. The van der Waals surface area contributed by atoms with Crippen LogP contribution in [0.15, 0.2) is 84.0 Å². The van der Waals surface area contributed by atoms with E-state index in [0.717, 1.165) is 39.8 Å². The van der Waals surface area contributed by atoms with Crippen LogP contribution in [-0.2, 0) is 0 Å². The Morgan fingerprint density at radius 1 is 0.857 bits per heavy atom. The zero-order valence-corrected chi connectivity index (χ0v) is 20.4. The van der Waals surface area contributed by atoms with Crippen LogP contribution in [-0.4, -0.2) is 20.9 Å². The molecular weight excluding hydrogens is 452 g/mol. The number of unbranched alkanes of at least 4 members (excludes halogenated alkanes) is 2. The van der Waals surface area contributed by atoms with Crippen LogP contribution in [0.3, 0.4) is 0 Å². The second-order valence-electron chi connectivity index (χ2n) is 8.72. The maximum Gasteiger partial charge on any atom is 0.247 e. The highest BCUT2D eigenvalue weighted by molar-refractivity contribution is 7.99. The van der Waals surface area contributed by atoms with Crippen molar-refractivity contribution in [2.24, 2.45) is 0 Å². The Balaban J connectivity index is 1.50. The summed E-state index contributed by atoms with van der Waals surface area (Å²) in [5.74, 6) is 1.48. The number of nitrogens with one attached hydrogen (secondary N) is 1. The van der Waals surface area contributed by atoms with E-state index in [1.54, 1.807) is 11.8 Å². The van der Waals surface area contributed by atoms with Crippen molar-refractivity contribution >= 4 is 39.0 Å². The Labute approximate surface area is 209 Å². The number of fused-ring (bicyclic) bond motifs is 5. The standard InChI is InChI=1S/C29H26N4OS/c1-2-3-10-17-35-29-31-28-26(32-33-29)23-15-8-9-16-24(23)30-27(34-28)25-21-13-6-4-11-19(21)18-20-12-5-7-14-22(20)25/h4-9,11-16,18,27,30H,2-3,10,17H2,1H3/t27-/m0/s1. The number of benzene rings is 4. The number of rotatable bonds is 6. The first kappa shape index (κ1) is 21.9. The lowest BCUT2D eigenvalue weighted by molar-refractivity contribution is 0.228. The Hall–Kier alpha value is -3.64. The van der Waals surface area contributed by atoms with Crippen LogP contribution in [0, 0.1) is 0 Å². The molecule has 1 N–H and O–H groups in total. The summed E-state index contributed by atoms with van der Waals surface area (Å²) in [6.45, 7) is 2.21. The summed E-state index contributed by atoms with van der Waals surface area (Å²) in [6, 6.07) is 27.3. The van der Waals surface area contributed by atoms with E-state index in [-0.39, 0.29) is 0 Å². The van der Waals surface area contributed by atoms with Gasteiger partial charge < -0.3 is 10.1 Å². The van der Waals surface area contributed by atoms with Gasteiger partial charge in [0, 0.05) is 22.6 Å². The van der Waals surface area contributed by atoms with Crippen LogP contribution < -0.4 is 10.1 Å². The van der Waals surface area contributed by atoms with E-state index in [2.05, 4.69) is 83.1 Å². The van der Waals surface area contributed by atoms with E-state index in [1.165, 1.54) is 23.6 Å². The molecule has 0 saturated carbocycles. The van der Waals surface area contributed by atoms with Crippen molar-refractivity contribution in [2.75, 3.05) is 11.1 Å². The van der Waals surface area contributed by atoms with Crippen molar-refractivity contribution in [3.63, 3.8) is 0 Å². The molecule has 0 radical (unpaired) electrons. The van der Waals surface area contributed by atoms with Crippen molar-refractivity contribution < 1.29 is 4.74 Å². The fourth-order valence-electron chi connectivity index (χ4n) is 4.69. The van der Waals surface area contributed by atoms with Crippen LogP contribution in [0.5, 0.6) is 5.88 Å². The Kier molecular flexibility index (Phi) is 5.96. The molecule has 6 heteroatoms. The average molecular weight is 479 g/mol. The van der Waals surface area contributed by atoms with E-state index < -0.39 is 6.23 Å². The van der Waals surface area contributed by atoms with E-state index >= 15 is 0 Å².